The number of carbonyl (C=O) groups excluding carboxylic acids is 1. The van der Waals surface area contributed by atoms with Gasteiger partial charge >= 0.3 is 5.97 Å². The van der Waals surface area contributed by atoms with Gasteiger partial charge in [-0.15, -0.1) is 0 Å². The highest BCUT2D eigenvalue weighted by Crippen LogP contribution is 2.19. The SMILES string of the molecule is O=C(OCc1cc(-c2ccccc2)no1)c1cccnc1. The molecule has 0 fully saturated rings. The molecule has 1 aromatic carbocycles. The van der Waals surface area contributed by atoms with Gasteiger partial charge in [0.25, 0.3) is 0 Å². The third kappa shape index (κ3) is 3.14. The van der Waals surface area contributed by atoms with E-state index in [-0.39, 0.29) is 6.61 Å². The second-order valence-electron chi connectivity index (χ2n) is 4.36. The summed E-state index contributed by atoms with van der Waals surface area (Å²) in [5.74, 6) is 0.0480. The smallest absolute Gasteiger partial charge is 0.340 e. The van der Waals surface area contributed by atoms with Crippen molar-refractivity contribution in [3.63, 3.8) is 0 Å². The Bertz CT molecular complexity index is 724. The van der Waals surface area contributed by atoms with E-state index in [9.17, 15) is 4.79 Å². The Kier molecular flexibility index (Phi) is 3.73. The van der Waals surface area contributed by atoms with E-state index in [2.05, 4.69) is 10.1 Å². The van der Waals surface area contributed by atoms with Crippen LogP contribution >= 0.6 is 0 Å². The Morgan fingerprint density at radius 1 is 1.14 bits per heavy atom. The molecule has 0 unspecified atom stereocenters. The van der Waals surface area contributed by atoms with Crippen LogP contribution in [0.25, 0.3) is 11.3 Å². The quantitative estimate of drug-likeness (QED) is 0.687. The Hall–Kier alpha value is -2.95. The summed E-state index contributed by atoms with van der Waals surface area (Å²) in [6.45, 7) is 0.0353. The molecule has 0 aliphatic rings. The summed E-state index contributed by atoms with van der Waals surface area (Å²) in [5.41, 5.74) is 2.06. The highest BCUT2D eigenvalue weighted by molar-refractivity contribution is 5.88. The molecule has 21 heavy (non-hydrogen) atoms. The van der Waals surface area contributed by atoms with E-state index in [1.54, 1.807) is 24.4 Å². The minimum absolute atomic E-state index is 0.0353. The highest BCUT2D eigenvalue weighted by Gasteiger charge is 2.10. The average Bonchev–Trinajstić information content (AvgIpc) is 3.03. The molecule has 104 valence electrons. The van der Waals surface area contributed by atoms with Gasteiger partial charge < -0.3 is 9.26 Å². The third-order valence-corrected chi connectivity index (χ3v) is 2.87. The number of hydrogen-bond donors (Lipinski definition) is 0. The first-order valence-electron chi connectivity index (χ1n) is 6.41. The van der Waals surface area contributed by atoms with Crippen molar-refractivity contribution >= 4 is 5.97 Å². The zero-order valence-electron chi connectivity index (χ0n) is 11.1. The summed E-state index contributed by atoms with van der Waals surface area (Å²) >= 11 is 0. The molecular formula is C16H12N2O3. The number of benzene rings is 1. The molecule has 2 aromatic heterocycles. The molecule has 0 saturated carbocycles. The van der Waals surface area contributed by atoms with E-state index >= 15 is 0 Å². The van der Waals surface area contributed by atoms with E-state index in [0.29, 0.717) is 17.0 Å². The highest BCUT2D eigenvalue weighted by atomic mass is 16.5. The van der Waals surface area contributed by atoms with E-state index in [4.69, 9.17) is 9.26 Å². The zero-order chi connectivity index (χ0) is 14.5. The van der Waals surface area contributed by atoms with Gasteiger partial charge in [0.15, 0.2) is 12.4 Å². The first-order chi connectivity index (χ1) is 10.3. The predicted octanol–water partition coefficient (Wildman–Crippen LogP) is 3.09. The molecule has 0 aliphatic heterocycles. The van der Waals surface area contributed by atoms with Gasteiger partial charge in [0.1, 0.15) is 5.69 Å². The summed E-state index contributed by atoms with van der Waals surface area (Å²) in [4.78, 5) is 15.6. The van der Waals surface area contributed by atoms with Crippen molar-refractivity contribution in [2.75, 3.05) is 0 Å². The van der Waals surface area contributed by atoms with Crippen LogP contribution < -0.4 is 0 Å². The Labute approximate surface area is 121 Å². The Morgan fingerprint density at radius 2 is 2.00 bits per heavy atom. The molecule has 0 amide bonds. The first kappa shape index (κ1) is 13.1. The third-order valence-electron chi connectivity index (χ3n) is 2.87. The van der Waals surface area contributed by atoms with Crippen LogP contribution in [0.15, 0.2) is 65.4 Å². The maximum absolute atomic E-state index is 11.8. The van der Waals surface area contributed by atoms with Crippen LogP contribution in [0.1, 0.15) is 16.1 Å². The normalized spacial score (nSPS) is 10.3. The lowest BCUT2D eigenvalue weighted by atomic mass is 10.1. The summed E-state index contributed by atoms with van der Waals surface area (Å²) < 4.78 is 10.3. The van der Waals surface area contributed by atoms with E-state index < -0.39 is 5.97 Å². The van der Waals surface area contributed by atoms with Crippen molar-refractivity contribution in [2.24, 2.45) is 0 Å². The number of carbonyl (C=O) groups is 1. The monoisotopic (exact) mass is 280 g/mol. The van der Waals surface area contributed by atoms with Crippen molar-refractivity contribution in [2.45, 2.75) is 6.61 Å². The molecule has 3 rings (SSSR count). The van der Waals surface area contributed by atoms with Gasteiger partial charge in [-0.05, 0) is 12.1 Å². The van der Waals surface area contributed by atoms with E-state index in [0.717, 1.165) is 5.56 Å². The van der Waals surface area contributed by atoms with Gasteiger partial charge in [0, 0.05) is 24.0 Å². The molecule has 0 radical (unpaired) electrons. The lowest BCUT2D eigenvalue weighted by molar-refractivity contribution is 0.0437. The number of ether oxygens (including phenoxy) is 1. The van der Waals surface area contributed by atoms with Crippen molar-refractivity contribution in [1.82, 2.24) is 10.1 Å². The standard InChI is InChI=1S/C16H12N2O3/c19-16(13-7-4-8-17-10-13)20-11-14-9-15(18-21-14)12-5-2-1-3-6-12/h1-10H,11H2. The molecule has 0 saturated heterocycles. The van der Waals surface area contributed by atoms with Gasteiger partial charge in [-0.1, -0.05) is 35.5 Å². The van der Waals surface area contributed by atoms with Crippen LogP contribution in [0.2, 0.25) is 0 Å². The average molecular weight is 280 g/mol. The van der Waals surface area contributed by atoms with Crippen LogP contribution in [0, 0.1) is 0 Å². The van der Waals surface area contributed by atoms with Gasteiger partial charge in [-0.3, -0.25) is 4.98 Å². The van der Waals surface area contributed by atoms with Crippen molar-refractivity contribution in [3.8, 4) is 11.3 Å². The second-order valence-corrected chi connectivity index (χ2v) is 4.36. The maximum Gasteiger partial charge on any atom is 0.340 e. The summed E-state index contributed by atoms with van der Waals surface area (Å²) in [6, 6.07) is 14.7. The molecule has 0 N–H and O–H groups in total. The number of aromatic nitrogens is 2. The Morgan fingerprint density at radius 3 is 2.76 bits per heavy atom. The fraction of sp³-hybridized carbons (Fsp3) is 0.0625. The maximum atomic E-state index is 11.8. The topological polar surface area (TPSA) is 65.2 Å². The molecule has 0 aliphatic carbocycles. The lowest BCUT2D eigenvalue weighted by Crippen LogP contribution is -2.04. The molecule has 3 aromatic rings. The van der Waals surface area contributed by atoms with Crippen LogP contribution in [0.3, 0.4) is 0 Å². The van der Waals surface area contributed by atoms with Crippen molar-refractivity contribution < 1.29 is 14.1 Å². The van der Waals surface area contributed by atoms with E-state index in [1.807, 2.05) is 30.3 Å². The van der Waals surface area contributed by atoms with Crippen LogP contribution in [-0.4, -0.2) is 16.1 Å². The molecule has 0 spiro atoms. The zero-order valence-corrected chi connectivity index (χ0v) is 11.1. The number of rotatable bonds is 4. The largest absolute Gasteiger partial charge is 0.454 e. The van der Waals surface area contributed by atoms with Gasteiger partial charge in [-0.2, -0.15) is 0 Å². The van der Waals surface area contributed by atoms with Gasteiger partial charge in [-0.25, -0.2) is 4.79 Å². The number of nitrogens with zero attached hydrogens (tertiary/aromatic N) is 2. The molecule has 0 atom stereocenters. The van der Waals surface area contributed by atoms with Crippen molar-refractivity contribution in [3.05, 3.63) is 72.2 Å². The second kappa shape index (κ2) is 6.00. The summed E-state index contributed by atoms with van der Waals surface area (Å²) in [6.07, 6.45) is 3.05. The minimum Gasteiger partial charge on any atom is -0.454 e. The summed E-state index contributed by atoms with van der Waals surface area (Å²) in [5, 5.41) is 3.96. The Balaban J connectivity index is 1.64. The number of esters is 1. The van der Waals surface area contributed by atoms with Gasteiger partial charge in [0.2, 0.25) is 0 Å². The number of pyridine rings is 1. The number of hydrogen-bond acceptors (Lipinski definition) is 5. The molecule has 5 heteroatoms. The van der Waals surface area contributed by atoms with Gasteiger partial charge in [0.05, 0.1) is 5.56 Å². The fourth-order valence-corrected chi connectivity index (χ4v) is 1.83. The van der Waals surface area contributed by atoms with E-state index in [1.165, 1.54) is 6.20 Å². The first-order valence-corrected chi connectivity index (χ1v) is 6.41. The fourth-order valence-electron chi connectivity index (χ4n) is 1.83. The lowest BCUT2D eigenvalue weighted by Gasteiger charge is -2.00. The predicted molar refractivity (Wildman–Crippen MR) is 75.3 cm³/mol. The summed E-state index contributed by atoms with van der Waals surface area (Å²) in [7, 11) is 0. The van der Waals surface area contributed by atoms with Crippen molar-refractivity contribution in [1.29, 1.82) is 0 Å². The molecule has 2 heterocycles. The minimum atomic E-state index is -0.444. The molecule has 5 nitrogen and oxygen atoms in total. The van der Waals surface area contributed by atoms with Crippen LogP contribution in [0.5, 0.6) is 0 Å². The molecular weight excluding hydrogens is 268 g/mol. The van der Waals surface area contributed by atoms with Crippen LogP contribution in [0.4, 0.5) is 0 Å². The van der Waals surface area contributed by atoms with Crippen LogP contribution in [-0.2, 0) is 11.3 Å². The molecule has 0 bridgehead atoms.